The number of halogens is 2. The summed E-state index contributed by atoms with van der Waals surface area (Å²) >= 11 is 0. The molecule has 0 saturated heterocycles. The van der Waals surface area contributed by atoms with E-state index in [1.54, 1.807) is 7.11 Å². The molecule has 34 heavy (non-hydrogen) atoms. The molecule has 2 heterocycles. The van der Waals surface area contributed by atoms with Gasteiger partial charge in [-0.15, -0.1) is 12.4 Å². The van der Waals surface area contributed by atoms with Crippen molar-refractivity contribution in [1.29, 1.82) is 0 Å². The number of fused-ring (bicyclic) bond motifs is 2. The molecule has 0 aliphatic carbocycles. The van der Waals surface area contributed by atoms with Crippen LogP contribution in [0.4, 0.5) is 4.39 Å². The third-order valence-corrected chi connectivity index (χ3v) is 6.37. The highest BCUT2D eigenvalue weighted by molar-refractivity contribution is 5.95. The molecule has 1 atom stereocenters. The number of hydrogen-bond acceptors (Lipinski definition) is 5. The van der Waals surface area contributed by atoms with Crippen LogP contribution in [0.15, 0.2) is 41.0 Å². The molecule has 0 spiro atoms. The summed E-state index contributed by atoms with van der Waals surface area (Å²) in [4.78, 5) is 14.2. The molecule has 1 unspecified atom stereocenters. The Labute approximate surface area is 205 Å². The van der Waals surface area contributed by atoms with Crippen LogP contribution in [0.1, 0.15) is 47.7 Å². The van der Waals surface area contributed by atoms with Crippen LogP contribution in [0.5, 0.6) is 11.5 Å². The highest BCUT2D eigenvalue weighted by Crippen LogP contribution is 2.33. The summed E-state index contributed by atoms with van der Waals surface area (Å²) < 4.78 is 31.1. The molecule has 4 rings (SSSR count). The van der Waals surface area contributed by atoms with Crippen LogP contribution < -0.4 is 15.2 Å². The number of benzene rings is 2. The number of nitrogens with two attached hydrogens (primary N) is 1. The van der Waals surface area contributed by atoms with E-state index in [1.165, 1.54) is 17.7 Å². The fraction of sp³-hybridized carbons (Fsp3) is 0.423. The van der Waals surface area contributed by atoms with E-state index in [-0.39, 0.29) is 24.2 Å². The van der Waals surface area contributed by atoms with Crippen LogP contribution in [0.2, 0.25) is 0 Å². The van der Waals surface area contributed by atoms with Gasteiger partial charge in [-0.05, 0) is 69.0 Å². The Bertz CT molecular complexity index is 1130. The maximum atomic E-state index is 14.2. The van der Waals surface area contributed by atoms with Gasteiger partial charge in [-0.1, -0.05) is 19.1 Å². The van der Waals surface area contributed by atoms with Gasteiger partial charge in [-0.3, -0.25) is 9.69 Å². The van der Waals surface area contributed by atoms with E-state index in [4.69, 9.17) is 19.6 Å². The van der Waals surface area contributed by atoms with Crippen molar-refractivity contribution in [2.24, 2.45) is 5.73 Å². The Kier molecular flexibility index (Phi) is 8.80. The zero-order valence-electron chi connectivity index (χ0n) is 19.6. The molecular formula is C26H32ClFN2O4. The number of amides is 1. The van der Waals surface area contributed by atoms with Gasteiger partial charge < -0.3 is 19.6 Å². The van der Waals surface area contributed by atoms with Gasteiger partial charge in [-0.25, -0.2) is 4.39 Å². The number of furan rings is 1. The Morgan fingerprint density at radius 1 is 1.24 bits per heavy atom. The lowest BCUT2D eigenvalue weighted by Crippen LogP contribution is -2.44. The molecule has 1 aliphatic rings. The number of carbonyl (C=O) groups excluding carboxylic acids is 1. The van der Waals surface area contributed by atoms with Crippen LogP contribution >= 0.6 is 12.4 Å². The average molecular weight is 491 g/mol. The normalized spacial score (nSPS) is 15.0. The molecule has 1 amide bonds. The second-order valence-corrected chi connectivity index (χ2v) is 8.53. The van der Waals surface area contributed by atoms with Gasteiger partial charge in [0.2, 0.25) is 5.91 Å². The molecule has 1 aliphatic heterocycles. The van der Waals surface area contributed by atoms with E-state index in [1.807, 2.05) is 18.4 Å². The largest absolute Gasteiger partial charge is 0.493 e. The zero-order chi connectivity index (χ0) is 23.4. The molecule has 6 nitrogen and oxygen atoms in total. The Hall–Kier alpha value is -2.77. The summed E-state index contributed by atoms with van der Waals surface area (Å²) in [6.07, 6.45) is 6.31. The Morgan fingerprint density at radius 2 is 2.06 bits per heavy atom. The van der Waals surface area contributed by atoms with E-state index < -0.39 is 11.7 Å². The van der Waals surface area contributed by atoms with Crippen LogP contribution in [0.3, 0.4) is 0 Å². The lowest BCUT2D eigenvalue weighted by Gasteiger charge is -2.35. The van der Waals surface area contributed by atoms with E-state index in [0.717, 1.165) is 55.5 Å². The molecular weight excluding hydrogens is 459 g/mol. The summed E-state index contributed by atoms with van der Waals surface area (Å²) in [5.74, 6) is -0.0838. The van der Waals surface area contributed by atoms with Gasteiger partial charge >= 0.3 is 0 Å². The molecule has 3 aromatic rings. The van der Waals surface area contributed by atoms with Gasteiger partial charge in [0, 0.05) is 22.6 Å². The number of methoxy groups -OCH3 is 1. The lowest BCUT2D eigenvalue weighted by atomic mass is 9.95. The zero-order valence-corrected chi connectivity index (χ0v) is 20.5. The summed E-state index contributed by atoms with van der Waals surface area (Å²) in [5, 5.41) is 1.10. The van der Waals surface area contributed by atoms with Gasteiger partial charge in [0.05, 0.1) is 13.4 Å². The topological polar surface area (TPSA) is 77.9 Å². The number of carbonyl (C=O) groups is 1. The number of nitrogens with zero attached hydrogens (tertiary/aromatic N) is 1. The van der Waals surface area contributed by atoms with E-state index in [9.17, 15) is 9.18 Å². The van der Waals surface area contributed by atoms with Crippen molar-refractivity contribution < 1.29 is 23.1 Å². The number of hydrogen-bond donors (Lipinski definition) is 1. The van der Waals surface area contributed by atoms with E-state index in [2.05, 4.69) is 17.9 Å². The second-order valence-electron chi connectivity index (χ2n) is 8.53. The summed E-state index contributed by atoms with van der Waals surface area (Å²) in [7, 11) is 1.65. The van der Waals surface area contributed by atoms with Crippen molar-refractivity contribution in [3.63, 3.8) is 0 Å². The maximum absolute atomic E-state index is 14.2. The highest BCUT2D eigenvalue weighted by atomic mass is 35.5. The monoisotopic (exact) mass is 490 g/mol. The van der Waals surface area contributed by atoms with Crippen molar-refractivity contribution in [2.75, 3.05) is 26.8 Å². The number of primary amides is 1. The molecule has 8 heteroatoms. The minimum atomic E-state index is -0.554. The Balaban J connectivity index is 0.00000324. The number of aryl methyl sites for hydroxylation is 1. The highest BCUT2D eigenvalue weighted by Gasteiger charge is 2.29. The van der Waals surface area contributed by atoms with Crippen LogP contribution in [0.25, 0.3) is 11.0 Å². The first kappa shape index (κ1) is 25.8. The van der Waals surface area contributed by atoms with E-state index in [0.29, 0.717) is 24.2 Å². The van der Waals surface area contributed by atoms with E-state index >= 15 is 0 Å². The SMILES string of the molecule is CCCN(CCCCc1coc2c(OC)cccc12)C1COc2c(F)ccc(C(N)=O)c2C1.Cl. The standard InChI is InChI=1S/C26H31FN2O4.ClH/c1-3-12-29(18-14-21-20(26(28)30)10-11-22(27)24(21)33-16-18)13-5-4-7-17-15-32-25-19(17)8-6-9-23(25)31-2;/h6,8-11,15,18H,3-5,7,12-14,16H2,1-2H3,(H2,28,30);1H. The number of rotatable bonds is 10. The quantitative estimate of drug-likeness (QED) is 0.398. The Morgan fingerprint density at radius 3 is 2.79 bits per heavy atom. The first-order valence-corrected chi connectivity index (χ1v) is 11.5. The van der Waals surface area contributed by atoms with Crippen LogP contribution in [-0.4, -0.2) is 43.7 Å². The number of ether oxygens (including phenoxy) is 2. The van der Waals surface area contributed by atoms with Gasteiger partial charge in [0.15, 0.2) is 22.9 Å². The minimum absolute atomic E-state index is 0. The van der Waals surface area contributed by atoms with Crippen molar-refractivity contribution in [3.8, 4) is 11.5 Å². The lowest BCUT2D eigenvalue weighted by molar-refractivity contribution is 0.0984. The first-order valence-electron chi connectivity index (χ1n) is 11.5. The first-order chi connectivity index (χ1) is 16.0. The molecule has 0 fully saturated rings. The molecule has 184 valence electrons. The van der Waals surface area contributed by atoms with Crippen molar-refractivity contribution in [2.45, 2.75) is 45.1 Å². The maximum Gasteiger partial charge on any atom is 0.249 e. The van der Waals surface area contributed by atoms with Crippen LogP contribution in [-0.2, 0) is 12.8 Å². The molecule has 0 radical (unpaired) electrons. The summed E-state index contributed by atoms with van der Waals surface area (Å²) in [6, 6.07) is 8.73. The predicted molar refractivity (Wildman–Crippen MR) is 133 cm³/mol. The number of para-hydroxylation sites is 1. The van der Waals surface area contributed by atoms with Crippen molar-refractivity contribution in [1.82, 2.24) is 4.90 Å². The molecule has 0 saturated carbocycles. The number of unbranched alkanes of at least 4 members (excludes halogenated alkanes) is 1. The van der Waals surface area contributed by atoms with Gasteiger partial charge in [0.1, 0.15) is 6.61 Å². The fourth-order valence-electron chi connectivity index (χ4n) is 4.73. The van der Waals surface area contributed by atoms with Gasteiger partial charge in [-0.2, -0.15) is 0 Å². The minimum Gasteiger partial charge on any atom is -0.493 e. The van der Waals surface area contributed by atoms with Crippen LogP contribution in [0, 0.1) is 5.82 Å². The molecule has 1 aromatic heterocycles. The van der Waals surface area contributed by atoms with Crippen molar-refractivity contribution in [3.05, 3.63) is 59.1 Å². The predicted octanol–water partition coefficient (Wildman–Crippen LogP) is 5.14. The third-order valence-electron chi connectivity index (χ3n) is 6.37. The summed E-state index contributed by atoms with van der Waals surface area (Å²) in [6.45, 7) is 4.36. The average Bonchev–Trinajstić information content (AvgIpc) is 3.24. The molecule has 2 aromatic carbocycles. The van der Waals surface area contributed by atoms with Crippen molar-refractivity contribution >= 4 is 29.3 Å². The fourth-order valence-corrected chi connectivity index (χ4v) is 4.73. The summed E-state index contributed by atoms with van der Waals surface area (Å²) in [5.41, 5.74) is 8.42. The molecule has 2 N–H and O–H groups in total. The smallest absolute Gasteiger partial charge is 0.249 e. The van der Waals surface area contributed by atoms with Gasteiger partial charge in [0.25, 0.3) is 0 Å². The second kappa shape index (κ2) is 11.6. The molecule has 0 bridgehead atoms. The third kappa shape index (κ3) is 5.31.